The van der Waals surface area contributed by atoms with E-state index in [1.807, 2.05) is 13.8 Å². The predicted molar refractivity (Wildman–Crippen MR) is 77.3 cm³/mol. The second-order valence-corrected chi connectivity index (χ2v) is 7.26. The van der Waals surface area contributed by atoms with Crippen molar-refractivity contribution in [2.24, 2.45) is 5.92 Å². The average Bonchev–Trinajstić information content (AvgIpc) is 2.45. The van der Waals surface area contributed by atoms with Crippen LogP contribution in [0.25, 0.3) is 0 Å². The molecule has 1 saturated carbocycles. The molecule has 0 atom stereocenters. The largest absolute Gasteiger partial charge is 0.385 e. The van der Waals surface area contributed by atoms with Gasteiger partial charge < -0.3 is 4.74 Å². The van der Waals surface area contributed by atoms with E-state index in [1.54, 1.807) is 7.11 Å². The summed E-state index contributed by atoms with van der Waals surface area (Å²) in [6.45, 7) is 4.64. The van der Waals surface area contributed by atoms with Crippen LogP contribution in [0.2, 0.25) is 0 Å². The van der Waals surface area contributed by atoms with Crippen molar-refractivity contribution in [2.75, 3.05) is 20.0 Å². The van der Waals surface area contributed by atoms with Gasteiger partial charge in [-0.15, -0.1) is 0 Å². The van der Waals surface area contributed by atoms with E-state index in [-0.39, 0.29) is 12.8 Å². The number of carbonyl (C=O) groups excluding carboxylic acids is 1. The van der Waals surface area contributed by atoms with Crippen molar-refractivity contribution in [1.29, 1.82) is 0 Å². The predicted octanol–water partition coefficient (Wildman–Crippen LogP) is 1.53. The van der Waals surface area contributed by atoms with E-state index in [2.05, 4.69) is 0 Å². The third kappa shape index (κ3) is 4.43. The SMILES string of the molecule is CC.COCCC1CCC(C(=O)NO)(S(C)(=O)=O)CC1. The number of hydrogen-bond donors (Lipinski definition) is 2. The zero-order chi connectivity index (χ0) is 15.8. The van der Waals surface area contributed by atoms with Gasteiger partial charge in [0.05, 0.1) is 0 Å². The van der Waals surface area contributed by atoms with E-state index in [0.29, 0.717) is 25.4 Å². The van der Waals surface area contributed by atoms with Gasteiger partial charge in [0, 0.05) is 20.0 Å². The summed E-state index contributed by atoms with van der Waals surface area (Å²) in [6.07, 6.45) is 3.75. The summed E-state index contributed by atoms with van der Waals surface area (Å²) in [6, 6.07) is 0. The molecule has 0 bridgehead atoms. The highest BCUT2D eigenvalue weighted by molar-refractivity contribution is 7.92. The van der Waals surface area contributed by atoms with Crippen molar-refractivity contribution in [1.82, 2.24) is 5.48 Å². The molecule has 6 nitrogen and oxygen atoms in total. The molecular weight excluding hydrogens is 282 g/mol. The van der Waals surface area contributed by atoms with Crippen molar-refractivity contribution in [3.05, 3.63) is 0 Å². The highest BCUT2D eigenvalue weighted by atomic mass is 32.2. The molecule has 1 amide bonds. The summed E-state index contributed by atoms with van der Waals surface area (Å²) in [5.41, 5.74) is 1.50. The Morgan fingerprint density at radius 1 is 1.35 bits per heavy atom. The Labute approximate surface area is 121 Å². The molecule has 2 N–H and O–H groups in total. The Morgan fingerprint density at radius 3 is 2.20 bits per heavy atom. The Balaban J connectivity index is 0.00000172. The second kappa shape index (κ2) is 8.59. The van der Waals surface area contributed by atoms with Crippen molar-refractivity contribution >= 4 is 15.7 Å². The first-order valence-electron chi connectivity index (χ1n) is 7.00. The minimum Gasteiger partial charge on any atom is -0.385 e. The molecule has 1 fully saturated rings. The lowest BCUT2D eigenvalue weighted by Gasteiger charge is -2.36. The van der Waals surface area contributed by atoms with Gasteiger partial charge in [0.1, 0.15) is 0 Å². The van der Waals surface area contributed by atoms with Gasteiger partial charge in [0.2, 0.25) is 0 Å². The van der Waals surface area contributed by atoms with Gasteiger partial charge in [-0.2, -0.15) is 0 Å². The summed E-state index contributed by atoms with van der Waals surface area (Å²) in [5, 5.41) is 8.74. The topological polar surface area (TPSA) is 92.7 Å². The molecule has 0 saturated heterocycles. The number of carbonyl (C=O) groups is 1. The number of amides is 1. The number of ether oxygens (including phenoxy) is 1. The van der Waals surface area contributed by atoms with E-state index in [4.69, 9.17) is 9.94 Å². The van der Waals surface area contributed by atoms with Gasteiger partial charge in [-0.3, -0.25) is 10.0 Å². The maximum Gasteiger partial charge on any atom is 0.264 e. The fraction of sp³-hybridized carbons (Fsp3) is 0.923. The number of methoxy groups -OCH3 is 1. The quantitative estimate of drug-likeness (QED) is 0.593. The summed E-state index contributed by atoms with van der Waals surface area (Å²) in [4.78, 5) is 11.7. The van der Waals surface area contributed by atoms with E-state index >= 15 is 0 Å². The lowest BCUT2D eigenvalue weighted by molar-refractivity contribution is -0.133. The lowest BCUT2D eigenvalue weighted by atomic mass is 9.79. The smallest absolute Gasteiger partial charge is 0.264 e. The van der Waals surface area contributed by atoms with Crippen LogP contribution >= 0.6 is 0 Å². The third-order valence-corrected chi connectivity index (χ3v) is 5.88. The number of nitrogens with one attached hydrogen (secondary N) is 1. The molecule has 0 aromatic carbocycles. The zero-order valence-corrected chi connectivity index (χ0v) is 13.6. The van der Waals surface area contributed by atoms with E-state index in [1.165, 1.54) is 5.48 Å². The standard InChI is InChI=1S/C11H21NO5S.C2H6/c1-17-8-5-9-3-6-11(7-4-9,10(13)12-14)18(2,15)16;1-2/h9,14H,3-8H2,1-2H3,(H,12,13);1-2H3. The first-order valence-corrected chi connectivity index (χ1v) is 8.89. The maximum atomic E-state index is 11.8. The number of hydroxylamine groups is 1. The van der Waals surface area contributed by atoms with Crippen molar-refractivity contribution in [3.8, 4) is 0 Å². The molecule has 1 aliphatic carbocycles. The highest BCUT2D eigenvalue weighted by Crippen LogP contribution is 2.39. The Morgan fingerprint density at radius 2 is 1.85 bits per heavy atom. The molecule has 120 valence electrons. The Hall–Kier alpha value is -0.660. The minimum atomic E-state index is -3.55. The monoisotopic (exact) mass is 309 g/mol. The van der Waals surface area contributed by atoms with Crippen molar-refractivity contribution in [3.63, 3.8) is 0 Å². The van der Waals surface area contributed by atoms with Crippen LogP contribution < -0.4 is 5.48 Å². The van der Waals surface area contributed by atoms with Crippen molar-refractivity contribution < 1.29 is 23.2 Å². The highest BCUT2D eigenvalue weighted by Gasteiger charge is 2.49. The molecule has 0 aliphatic heterocycles. The Kier molecular flexibility index (Phi) is 8.30. The van der Waals surface area contributed by atoms with Crippen LogP contribution in [0.5, 0.6) is 0 Å². The van der Waals surface area contributed by atoms with E-state index < -0.39 is 20.5 Å². The van der Waals surface area contributed by atoms with Crippen LogP contribution in [0.1, 0.15) is 46.0 Å². The number of rotatable bonds is 5. The van der Waals surface area contributed by atoms with E-state index in [9.17, 15) is 13.2 Å². The molecule has 1 rings (SSSR count). The summed E-state index contributed by atoms with van der Waals surface area (Å²) in [5.74, 6) is -0.429. The molecule has 0 heterocycles. The number of sulfone groups is 1. The maximum absolute atomic E-state index is 11.8. The summed E-state index contributed by atoms with van der Waals surface area (Å²) in [7, 11) is -1.92. The zero-order valence-electron chi connectivity index (χ0n) is 12.8. The molecule has 20 heavy (non-hydrogen) atoms. The van der Waals surface area contributed by atoms with Gasteiger partial charge in [-0.05, 0) is 38.0 Å². The first kappa shape index (κ1) is 19.3. The van der Waals surface area contributed by atoms with Crippen LogP contribution in [-0.2, 0) is 19.4 Å². The van der Waals surface area contributed by atoms with Crippen LogP contribution in [0.15, 0.2) is 0 Å². The third-order valence-electron chi connectivity index (χ3n) is 3.87. The van der Waals surface area contributed by atoms with E-state index in [0.717, 1.165) is 12.7 Å². The van der Waals surface area contributed by atoms with Gasteiger partial charge in [0.25, 0.3) is 5.91 Å². The summed E-state index contributed by atoms with van der Waals surface area (Å²) < 4.78 is 27.2. The fourth-order valence-electron chi connectivity index (χ4n) is 2.59. The van der Waals surface area contributed by atoms with Crippen LogP contribution in [0, 0.1) is 5.92 Å². The fourth-order valence-corrected chi connectivity index (χ4v) is 3.94. The second-order valence-electron chi connectivity index (χ2n) is 4.93. The molecular formula is C13H27NO5S. The van der Waals surface area contributed by atoms with Crippen LogP contribution in [-0.4, -0.2) is 44.3 Å². The minimum absolute atomic E-state index is 0.257. The van der Waals surface area contributed by atoms with Crippen LogP contribution in [0.4, 0.5) is 0 Å². The number of hydrogen-bond acceptors (Lipinski definition) is 5. The molecule has 0 aromatic rings. The normalized spacial score (nSPS) is 26.4. The van der Waals surface area contributed by atoms with Crippen LogP contribution in [0.3, 0.4) is 0 Å². The van der Waals surface area contributed by atoms with Gasteiger partial charge >= 0.3 is 0 Å². The molecule has 0 aromatic heterocycles. The average molecular weight is 309 g/mol. The molecule has 0 radical (unpaired) electrons. The molecule has 0 spiro atoms. The Bertz CT molecular complexity index is 386. The molecule has 1 aliphatic rings. The van der Waals surface area contributed by atoms with Crippen molar-refractivity contribution in [2.45, 2.75) is 50.7 Å². The summed E-state index contributed by atoms with van der Waals surface area (Å²) >= 11 is 0. The molecule has 0 unspecified atom stereocenters. The van der Waals surface area contributed by atoms with Gasteiger partial charge in [0.15, 0.2) is 14.6 Å². The van der Waals surface area contributed by atoms with Gasteiger partial charge in [-0.1, -0.05) is 13.8 Å². The first-order chi connectivity index (χ1) is 9.37. The van der Waals surface area contributed by atoms with Gasteiger partial charge in [-0.25, -0.2) is 13.9 Å². The lowest BCUT2D eigenvalue weighted by Crippen LogP contribution is -2.53. The molecule has 7 heteroatoms.